The van der Waals surface area contributed by atoms with Crippen molar-refractivity contribution in [3.8, 4) is 6.07 Å². The lowest BCUT2D eigenvalue weighted by molar-refractivity contribution is 0.259. The average Bonchev–Trinajstić information content (AvgIpc) is 2.32. The molecule has 2 N–H and O–H groups in total. The van der Waals surface area contributed by atoms with Gasteiger partial charge < -0.3 is 10.2 Å². The molecular formula is C11H21NO2SSi. The predicted octanol–water partition coefficient (Wildman–Crippen LogP) is 1.75. The van der Waals surface area contributed by atoms with Crippen LogP contribution in [0.25, 0.3) is 0 Å². The maximum atomic E-state index is 9.95. The summed E-state index contributed by atoms with van der Waals surface area (Å²) in [6.45, 7) is 5.62. The molecule has 0 heterocycles. The molecule has 0 rings (SSSR count). The number of unbranched alkanes of at least 4 members (excludes halogenated alkanes) is 1. The smallest absolute Gasteiger partial charge is 0.108 e. The molecule has 16 heavy (non-hydrogen) atoms. The summed E-state index contributed by atoms with van der Waals surface area (Å²) in [6.07, 6.45) is 2.63. The van der Waals surface area contributed by atoms with Crippen molar-refractivity contribution in [3.05, 3.63) is 0 Å². The van der Waals surface area contributed by atoms with Crippen molar-refractivity contribution < 1.29 is 10.2 Å². The summed E-state index contributed by atoms with van der Waals surface area (Å²) < 4.78 is -0.742. The van der Waals surface area contributed by atoms with Crippen molar-refractivity contribution in [2.45, 2.75) is 44.0 Å². The van der Waals surface area contributed by atoms with Crippen LogP contribution in [0.15, 0.2) is 0 Å². The third-order valence-corrected chi connectivity index (χ3v) is 7.02. The van der Waals surface area contributed by atoms with E-state index in [1.165, 1.54) is 0 Å². The second-order valence-corrected chi connectivity index (χ2v) is 7.97. The maximum absolute atomic E-state index is 9.95. The average molecular weight is 259 g/mol. The molecule has 0 aromatic heterocycles. The molecule has 92 valence electrons. The summed E-state index contributed by atoms with van der Waals surface area (Å²) >= 11 is 4.44. The van der Waals surface area contributed by atoms with Gasteiger partial charge in [0.25, 0.3) is 0 Å². The van der Waals surface area contributed by atoms with Crippen molar-refractivity contribution in [1.82, 2.24) is 0 Å². The number of aliphatic hydroxyl groups excluding tert-OH is 2. The van der Waals surface area contributed by atoms with Gasteiger partial charge in [0.1, 0.15) is 4.37 Å². The van der Waals surface area contributed by atoms with Crippen LogP contribution >= 0.6 is 12.6 Å². The Morgan fingerprint density at radius 3 is 2.56 bits per heavy atom. The van der Waals surface area contributed by atoms with E-state index < -0.39 is 12.8 Å². The van der Waals surface area contributed by atoms with Crippen molar-refractivity contribution >= 4 is 26.4 Å². The molecule has 0 aliphatic heterocycles. The van der Waals surface area contributed by atoms with Crippen LogP contribution in [-0.2, 0) is 0 Å². The molecule has 0 amide bonds. The fraction of sp³-hybridized carbons (Fsp3) is 0.818. The van der Waals surface area contributed by atoms with Crippen molar-refractivity contribution in [2.75, 3.05) is 6.61 Å². The van der Waals surface area contributed by atoms with Gasteiger partial charge in [-0.1, -0.05) is 33.2 Å². The Morgan fingerprint density at radius 2 is 2.19 bits per heavy atom. The molecule has 0 aromatic rings. The first-order chi connectivity index (χ1) is 7.42. The van der Waals surface area contributed by atoms with Crippen LogP contribution in [0.3, 0.4) is 0 Å². The lowest BCUT2D eigenvalue weighted by Crippen LogP contribution is -2.39. The van der Waals surface area contributed by atoms with Gasteiger partial charge in [0, 0.05) is 5.92 Å². The Bertz CT molecular complexity index is 301. The molecule has 0 radical (unpaired) electrons. The normalized spacial score (nSPS) is 18.2. The van der Waals surface area contributed by atoms with E-state index in [0.717, 1.165) is 12.8 Å². The Balaban J connectivity index is 5.02. The Morgan fingerprint density at radius 1 is 1.62 bits per heavy atom. The highest BCUT2D eigenvalue weighted by Gasteiger charge is 2.31. The van der Waals surface area contributed by atoms with E-state index in [-0.39, 0.29) is 17.9 Å². The topological polar surface area (TPSA) is 64.2 Å². The highest BCUT2D eigenvalue weighted by Crippen LogP contribution is 2.23. The minimum Gasteiger partial charge on any atom is -0.518 e. The first-order valence-corrected chi connectivity index (χ1v) is 8.02. The van der Waals surface area contributed by atoms with Crippen LogP contribution in [0.1, 0.15) is 33.1 Å². The fourth-order valence-corrected chi connectivity index (χ4v) is 3.90. The molecule has 0 spiro atoms. The van der Waals surface area contributed by atoms with Gasteiger partial charge in [0.05, 0.1) is 26.4 Å². The molecule has 0 aliphatic rings. The van der Waals surface area contributed by atoms with Gasteiger partial charge in [0.15, 0.2) is 0 Å². The van der Waals surface area contributed by atoms with Crippen LogP contribution in [0.2, 0.25) is 6.55 Å². The maximum Gasteiger partial charge on any atom is 0.108 e. The summed E-state index contributed by atoms with van der Waals surface area (Å²) in [5, 5.41) is 28.4. The molecule has 0 aliphatic carbocycles. The molecule has 2 unspecified atom stereocenters. The van der Waals surface area contributed by atoms with Crippen LogP contribution < -0.4 is 0 Å². The molecule has 0 saturated carbocycles. The van der Waals surface area contributed by atoms with Crippen molar-refractivity contribution in [2.24, 2.45) is 5.92 Å². The summed E-state index contributed by atoms with van der Waals surface area (Å²) in [6, 6.07) is 2.22. The van der Waals surface area contributed by atoms with Crippen LogP contribution in [0.4, 0.5) is 0 Å². The number of hydrogen-bond donors (Lipinski definition) is 3. The molecule has 0 aromatic carbocycles. The number of rotatable bonds is 6. The molecule has 0 saturated heterocycles. The minimum atomic E-state index is -1.42. The first-order valence-electron chi connectivity index (χ1n) is 5.57. The standard InChI is InChI=1S/C11H21NO2SSi/c1-4-5-6-11(15,8-12)16(3)10(14)9(2)7-13/h9,13-15H,4-7H2,1-3H3/b16-10-. The number of thiol groups is 1. The Kier molecular flexibility index (Phi) is 6.96. The zero-order valence-corrected chi connectivity index (χ0v) is 12.1. The summed E-state index contributed by atoms with van der Waals surface area (Å²) in [7, 11) is -1.42. The molecule has 0 fully saturated rings. The number of hydrogen-bond acceptors (Lipinski definition) is 4. The lowest BCUT2D eigenvalue weighted by atomic mass is 10.2. The van der Waals surface area contributed by atoms with E-state index >= 15 is 0 Å². The summed E-state index contributed by atoms with van der Waals surface area (Å²) in [5.41, 5.74) is 0. The third-order valence-electron chi connectivity index (χ3n) is 2.82. The zero-order chi connectivity index (χ0) is 12.8. The van der Waals surface area contributed by atoms with Crippen LogP contribution in [0, 0.1) is 17.2 Å². The van der Waals surface area contributed by atoms with Crippen LogP contribution in [-0.4, -0.2) is 35.0 Å². The fourth-order valence-electron chi connectivity index (χ4n) is 1.43. The molecule has 2 atom stereocenters. The minimum absolute atomic E-state index is 0.0864. The highest BCUT2D eigenvalue weighted by atomic mass is 32.1. The number of nitriles is 1. The molecular weight excluding hydrogens is 238 g/mol. The lowest BCUT2D eigenvalue weighted by Gasteiger charge is -2.23. The van der Waals surface area contributed by atoms with E-state index in [4.69, 9.17) is 5.11 Å². The molecule has 0 bridgehead atoms. The number of nitrogens with zero attached hydrogens (tertiary/aromatic N) is 1. The van der Waals surface area contributed by atoms with E-state index in [2.05, 4.69) is 25.6 Å². The van der Waals surface area contributed by atoms with Crippen LogP contribution in [0.5, 0.6) is 0 Å². The van der Waals surface area contributed by atoms with E-state index in [0.29, 0.717) is 6.42 Å². The van der Waals surface area contributed by atoms with Gasteiger partial charge in [-0.2, -0.15) is 17.9 Å². The van der Waals surface area contributed by atoms with Gasteiger partial charge in [-0.05, 0) is 6.42 Å². The van der Waals surface area contributed by atoms with E-state index in [1.54, 1.807) is 6.92 Å². The van der Waals surface area contributed by atoms with Gasteiger partial charge in [-0.25, -0.2) is 0 Å². The highest BCUT2D eigenvalue weighted by molar-refractivity contribution is 7.84. The SMILES string of the molecule is CCCCC(S)(C#N)/[Si](C)=C(\O)C(C)CO. The quantitative estimate of drug-likeness (QED) is 0.503. The second-order valence-electron chi connectivity index (χ2n) is 4.17. The number of aliphatic hydroxyl groups is 2. The van der Waals surface area contributed by atoms with Crippen molar-refractivity contribution in [3.63, 3.8) is 0 Å². The third kappa shape index (κ3) is 3.93. The van der Waals surface area contributed by atoms with Gasteiger partial charge in [-0.3, -0.25) is 0 Å². The monoisotopic (exact) mass is 259 g/mol. The van der Waals surface area contributed by atoms with Gasteiger partial charge in [0.2, 0.25) is 0 Å². The van der Waals surface area contributed by atoms with Crippen molar-refractivity contribution in [1.29, 1.82) is 5.26 Å². The molecule has 3 nitrogen and oxygen atoms in total. The largest absolute Gasteiger partial charge is 0.518 e. The first kappa shape index (κ1) is 15.7. The second kappa shape index (κ2) is 7.10. The van der Waals surface area contributed by atoms with Gasteiger partial charge in [-0.15, -0.1) is 0 Å². The van der Waals surface area contributed by atoms with E-state index in [1.807, 2.05) is 6.55 Å². The van der Waals surface area contributed by atoms with Gasteiger partial charge >= 0.3 is 0 Å². The zero-order valence-electron chi connectivity index (χ0n) is 10.2. The van der Waals surface area contributed by atoms with E-state index in [9.17, 15) is 10.4 Å². The Hall–Kier alpha value is -0.313. The Labute approximate surface area is 105 Å². The molecule has 5 heteroatoms. The summed E-state index contributed by atoms with van der Waals surface area (Å²) in [4.78, 5) is 0. The predicted molar refractivity (Wildman–Crippen MR) is 71.7 cm³/mol. The summed E-state index contributed by atoms with van der Waals surface area (Å²) in [5.74, 6) is -0.264.